The van der Waals surface area contributed by atoms with Gasteiger partial charge in [-0.15, -0.1) is 0 Å². The zero-order chi connectivity index (χ0) is 11.7. The molecular formula is C11H14N6. The fourth-order valence-corrected chi connectivity index (χ4v) is 2.34. The smallest absolute Gasteiger partial charge is 0.183 e. The van der Waals surface area contributed by atoms with Crippen LogP contribution in [0.3, 0.4) is 0 Å². The molecule has 1 aliphatic carbocycles. The number of nitrogens with one attached hydrogen (secondary N) is 1. The predicted octanol–water partition coefficient (Wildman–Crippen LogP) is 1.50. The summed E-state index contributed by atoms with van der Waals surface area (Å²) in [5, 5.41) is 10.3. The Morgan fingerprint density at radius 2 is 2.06 bits per heavy atom. The normalized spacial score (nSPS) is 16.5. The molecule has 0 aliphatic heterocycles. The number of rotatable bonds is 2. The molecule has 1 saturated carbocycles. The number of hydrogen-bond donors (Lipinski definition) is 2. The Labute approximate surface area is 98.7 Å². The van der Waals surface area contributed by atoms with Gasteiger partial charge in [0.25, 0.3) is 0 Å². The lowest BCUT2D eigenvalue weighted by Crippen LogP contribution is -2.03. The molecule has 0 saturated heterocycles. The number of nitrogen functional groups attached to an aromatic ring is 1. The molecule has 0 atom stereocenters. The quantitative estimate of drug-likeness (QED) is 0.815. The number of aromatic nitrogens is 5. The van der Waals surface area contributed by atoms with Crippen LogP contribution in [-0.2, 0) is 0 Å². The zero-order valence-corrected chi connectivity index (χ0v) is 9.43. The van der Waals surface area contributed by atoms with E-state index in [0.29, 0.717) is 23.3 Å². The molecule has 6 heteroatoms. The number of nitrogens with two attached hydrogens (primary N) is 1. The summed E-state index contributed by atoms with van der Waals surface area (Å²) in [6.45, 7) is 0. The molecule has 2 aromatic rings. The summed E-state index contributed by atoms with van der Waals surface area (Å²) in [7, 11) is 0. The molecule has 0 bridgehead atoms. The average Bonchev–Trinajstić information content (AvgIpc) is 3.02. The van der Waals surface area contributed by atoms with E-state index in [-0.39, 0.29) is 0 Å². The van der Waals surface area contributed by atoms with E-state index in [1.165, 1.54) is 25.7 Å². The van der Waals surface area contributed by atoms with Crippen molar-refractivity contribution in [3.05, 3.63) is 18.0 Å². The van der Waals surface area contributed by atoms with Gasteiger partial charge in [0.2, 0.25) is 0 Å². The maximum atomic E-state index is 5.82. The van der Waals surface area contributed by atoms with Crippen molar-refractivity contribution >= 4 is 5.82 Å². The van der Waals surface area contributed by atoms with Crippen molar-refractivity contribution < 1.29 is 0 Å². The SMILES string of the molecule is Nc1cc(C2CCCC2)nc(-c2cn[nH]n2)n1. The van der Waals surface area contributed by atoms with Gasteiger partial charge in [-0.3, -0.25) is 0 Å². The van der Waals surface area contributed by atoms with Crippen LogP contribution in [0.15, 0.2) is 12.3 Å². The summed E-state index contributed by atoms with van der Waals surface area (Å²) in [6.07, 6.45) is 6.53. The summed E-state index contributed by atoms with van der Waals surface area (Å²) >= 11 is 0. The molecule has 0 radical (unpaired) electrons. The Hall–Kier alpha value is -1.98. The molecule has 0 aromatic carbocycles. The number of aromatic amines is 1. The minimum Gasteiger partial charge on any atom is -0.384 e. The standard InChI is InChI=1S/C11H14N6/c12-10-5-8(7-3-1-2-4-7)14-11(15-10)9-6-13-17-16-9/h5-7H,1-4H2,(H2,12,14,15)(H,13,16,17). The van der Waals surface area contributed by atoms with Crippen LogP contribution in [0.4, 0.5) is 5.82 Å². The first-order valence-electron chi connectivity index (χ1n) is 5.83. The second-order valence-corrected chi connectivity index (χ2v) is 4.38. The van der Waals surface area contributed by atoms with Gasteiger partial charge in [0, 0.05) is 17.7 Å². The van der Waals surface area contributed by atoms with Gasteiger partial charge in [0.05, 0.1) is 6.20 Å². The third-order valence-corrected chi connectivity index (χ3v) is 3.18. The van der Waals surface area contributed by atoms with E-state index in [4.69, 9.17) is 5.73 Å². The molecule has 1 fully saturated rings. The number of nitrogens with zero attached hydrogens (tertiary/aromatic N) is 4. The largest absolute Gasteiger partial charge is 0.384 e. The molecular weight excluding hydrogens is 216 g/mol. The lowest BCUT2D eigenvalue weighted by molar-refractivity contribution is 0.695. The highest BCUT2D eigenvalue weighted by Gasteiger charge is 2.20. The molecule has 1 aliphatic rings. The van der Waals surface area contributed by atoms with Gasteiger partial charge in [-0.05, 0) is 12.8 Å². The Morgan fingerprint density at radius 1 is 1.24 bits per heavy atom. The molecule has 6 nitrogen and oxygen atoms in total. The Morgan fingerprint density at radius 3 is 2.76 bits per heavy atom. The first kappa shape index (κ1) is 10.2. The van der Waals surface area contributed by atoms with Gasteiger partial charge in [-0.25, -0.2) is 9.97 Å². The maximum Gasteiger partial charge on any atom is 0.183 e. The summed E-state index contributed by atoms with van der Waals surface area (Å²) in [5.74, 6) is 1.58. The topological polar surface area (TPSA) is 93.4 Å². The van der Waals surface area contributed by atoms with Crippen molar-refractivity contribution in [1.82, 2.24) is 25.4 Å². The molecule has 0 amide bonds. The van der Waals surface area contributed by atoms with Crippen molar-refractivity contribution in [1.29, 1.82) is 0 Å². The van der Waals surface area contributed by atoms with E-state index in [9.17, 15) is 0 Å². The van der Waals surface area contributed by atoms with Crippen molar-refractivity contribution in [3.63, 3.8) is 0 Å². The van der Waals surface area contributed by atoms with Crippen LogP contribution in [-0.4, -0.2) is 25.4 Å². The molecule has 2 heterocycles. The van der Waals surface area contributed by atoms with E-state index in [1.54, 1.807) is 6.20 Å². The van der Waals surface area contributed by atoms with Gasteiger partial charge in [0.1, 0.15) is 11.5 Å². The monoisotopic (exact) mass is 230 g/mol. The van der Waals surface area contributed by atoms with Crippen molar-refractivity contribution in [3.8, 4) is 11.5 Å². The van der Waals surface area contributed by atoms with E-state index < -0.39 is 0 Å². The number of anilines is 1. The highest BCUT2D eigenvalue weighted by Crippen LogP contribution is 2.34. The van der Waals surface area contributed by atoms with E-state index in [0.717, 1.165) is 5.69 Å². The second kappa shape index (κ2) is 4.12. The molecule has 3 rings (SSSR count). The molecule has 88 valence electrons. The lowest BCUT2D eigenvalue weighted by atomic mass is 10.0. The molecule has 17 heavy (non-hydrogen) atoms. The number of H-pyrrole nitrogens is 1. The van der Waals surface area contributed by atoms with E-state index in [1.807, 2.05) is 6.07 Å². The minimum atomic E-state index is 0.500. The van der Waals surface area contributed by atoms with Crippen LogP contribution in [0.2, 0.25) is 0 Å². The second-order valence-electron chi connectivity index (χ2n) is 4.38. The van der Waals surface area contributed by atoms with Gasteiger partial charge >= 0.3 is 0 Å². The highest BCUT2D eigenvalue weighted by atomic mass is 15.3. The Bertz CT molecular complexity index is 501. The van der Waals surface area contributed by atoms with Crippen LogP contribution >= 0.6 is 0 Å². The van der Waals surface area contributed by atoms with Gasteiger partial charge < -0.3 is 5.73 Å². The van der Waals surface area contributed by atoms with Crippen molar-refractivity contribution in [2.45, 2.75) is 31.6 Å². The maximum absolute atomic E-state index is 5.82. The molecule has 0 spiro atoms. The van der Waals surface area contributed by atoms with E-state index in [2.05, 4.69) is 25.4 Å². The molecule has 3 N–H and O–H groups in total. The Kier molecular flexibility index (Phi) is 2.47. The van der Waals surface area contributed by atoms with Crippen molar-refractivity contribution in [2.24, 2.45) is 0 Å². The first-order chi connectivity index (χ1) is 8.33. The van der Waals surface area contributed by atoms with Crippen LogP contribution in [0.25, 0.3) is 11.5 Å². The predicted molar refractivity (Wildman–Crippen MR) is 63.0 cm³/mol. The minimum absolute atomic E-state index is 0.500. The van der Waals surface area contributed by atoms with E-state index >= 15 is 0 Å². The van der Waals surface area contributed by atoms with Crippen LogP contribution in [0, 0.1) is 0 Å². The van der Waals surface area contributed by atoms with Crippen LogP contribution in [0.5, 0.6) is 0 Å². The third-order valence-electron chi connectivity index (χ3n) is 3.18. The Balaban J connectivity index is 2.00. The summed E-state index contributed by atoms with van der Waals surface area (Å²) < 4.78 is 0. The lowest BCUT2D eigenvalue weighted by Gasteiger charge is -2.09. The third kappa shape index (κ3) is 1.98. The van der Waals surface area contributed by atoms with Crippen molar-refractivity contribution in [2.75, 3.05) is 5.73 Å². The highest BCUT2D eigenvalue weighted by molar-refractivity contribution is 5.50. The fourth-order valence-electron chi connectivity index (χ4n) is 2.34. The van der Waals surface area contributed by atoms with Gasteiger partial charge in [-0.2, -0.15) is 15.4 Å². The summed E-state index contributed by atoms with van der Waals surface area (Å²) in [6, 6.07) is 1.87. The van der Waals surface area contributed by atoms with Crippen LogP contribution in [0.1, 0.15) is 37.3 Å². The zero-order valence-electron chi connectivity index (χ0n) is 9.43. The summed E-state index contributed by atoms with van der Waals surface area (Å²) in [4.78, 5) is 8.74. The van der Waals surface area contributed by atoms with Crippen LogP contribution < -0.4 is 5.73 Å². The number of hydrogen-bond acceptors (Lipinski definition) is 5. The van der Waals surface area contributed by atoms with Gasteiger partial charge in [0.15, 0.2) is 5.82 Å². The molecule has 2 aromatic heterocycles. The average molecular weight is 230 g/mol. The first-order valence-corrected chi connectivity index (χ1v) is 5.83. The fraction of sp³-hybridized carbons (Fsp3) is 0.455. The van der Waals surface area contributed by atoms with Gasteiger partial charge in [-0.1, -0.05) is 12.8 Å². The molecule has 0 unspecified atom stereocenters. The summed E-state index contributed by atoms with van der Waals surface area (Å²) in [5.41, 5.74) is 7.49.